The number of ether oxygens (including phenoxy) is 1. The lowest BCUT2D eigenvalue weighted by Gasteiger charge is -2.14. The molecule has 0 radical (unpaired) electrons. The summed E-state index contributed by atoms with van der Waals surface area (Å²) in [6.07, 6.45) is 2.73. The van der Waals surface area contributed by atoms with Crippen molar-refractivity contribution < 1.29 is 4.74 Å². The largest absolute Gasteiger partial charge is 0.493 e. The van der Waals surface area contributed by atoms with Crippen molar-refractivity contribution in [3.05, 3.63) is 41.2 Å². The van der Waals surface area contributed by atoms with Crippen LogP contribution in [0, 0.1) is 0 Å². The topological polar surface area (TPSA) is 62.8 Å². The Morgan fingerprint density at radius 2 is 2.41 bits per heavy atom. The normalized spacial score (nSPS) is 15.4. The van der Waals surface area contributed by atoms with Gasteiger partial charge >= 0.3 is 0 Å². The molecule has 0 saturated carbocycles. The third-order valence-corrected chi connectivity index (χ3v) is 3.06. The van der Waals surface area contributed by atoms with Crippen LogP contribution in [-0.2, 0) is 6.42 Å². The molecule has 2 heterocycles. The van der Waals surface area contributed by atoms with Crippen molar-refractivity contribution in [1.29, 1.82) is 0 Å². The molecule has 1 aromatic heterocycles. The van der Waals surface area contributed by atoms with E-state index in [1.807, 2.05) is 13.1 Å². The lowest BCUT2D eigenvalue weighted by molar-refractivity contribution is 0.357. The van der Waals surface area contributed by atoms with Gasteiger partial charge in [-0.05, 0) is 24.2 Å². The number of hydrogen-bond acceptors (Lipinski definition) is 4. The van der Waals surface area contributed by atoms with Crippen molar-refractivity contribution in [3.8, 4) is 5.75 Å². The van der Waals surface area contributed by atoms with Crippen LogP contribution in [0.5, 0.6) is 5.75 Å². The van der Waals surface area contributed by atoms with Gasteiger partial charge in [0.05, 0.1) is 18.8 Å². The number of nitrogens with zero attached hydrogens (tertiary/aromatic N) is 2. The molecule has 17 heavy (non-hydrogen) atoms. The molecule has 1 aliphatic heterocycles. The molecule has 1 aromatic carbocycles. The standard InChI is InChI=1S/C12H14N4O/c1-13-12(10-7-14-16-15-10)9-2-3-11-8(6-9)4-5-17-11/h2-3,6-7,12-13H,4-5H2,1H3,(H,14,15,16). The Morgan fingerprint density at radius 1 is 1.47 bits per heavy atom. The van der Waals surface area contributed by atoms with Crippen molar-refractivity contribution in [2.45, 2.75) is 12.5 Å². The van der Waals surface area contributed by atoms with Crippen molar-refractivity contribution in [2.75, 3.05) is 13.7 Å². The van der Waals surface area contributed by atoms with Gasteiger partial charge in [-0.15, -0.1) is 0 Å². The van der Waals surface area contributed by atoms with E-state index in [0.29, 0.717) is 0 Å². The summed E-state index contributed by atoms with van der Waals surface area (Å²) in [5.41, 5.74) is 3.35. The molecule has 0 amide bonds. The van der Waals surface area contributed by atoms with Gasteiger partial charge in [0.1, 0.15) is 11.4 Å². The summed E-state index contributed by atoms with van der Waals surface area (Å²) < 4.78 is 5.50. The highest BCUT2D eigenvalue weighted by Crippen LogP contribution is 2.29. The van der Waals surface area contributed by atoms with Crippen LogP contribution < -0.4 is 10.1 Å². The van der Waals surface area contributed by atoms with E-state index in [1.165, 1.54) is 11.1 Å². The molecule has 88 valence electrons. The Morgan fingerprint density at radius 3 is 3.18 bits per heavy atom. The van der Waals surface area contributed by atoms with E-state index in [9.17, 15) is 0 Å². The first-order chi connectivity index (χ1) is 8.38. The smallest absolute Gasteiger partial charge is 0.122 e. The molecule has 2 aromatic rings. The molecular weight excluding hydrogens is 216 g/mol. The van der Waals surface area contributed by atoms with Crippen LogP contribution >= 0.6 is 0 Å². The van der Waals surface area contributed by atoms with Gasteiger partial charge in [-0.3, -0.25) is 0 Å². The maximum Gasteiger partial charge on any atom is 0.122 e. The summed E-state index contributed by atoms with van der Waals surface area (Å²) in [6.45, 7) is 0.785. The van der Waals surface area contributed by atoms with E-state index < -0.39 is 0 Å². The number of aromatic amines is 1. The number of hydrogen-bond donors (Lipinski definition) is 2. The van der Waals surface area contributed by atoms with Crippen LogP contribution in [0.4, 0.5) is 0 Å². The Labute approximate surface area is 99.2 Å². The van der Waals surface area contributed by atoms with Crippen LogP contribution in [0.3, 0.4) is 0 Å². The van der Waals surface area contributed by atoms with E-state index in [-0.39, 0.29) is 6.04 Å². The summed E-state index contributed by atoms with van der Waals surface area (Å²) in [7, 11) is 1.92. The van der Waals surface area contributed by atoms with Crippen molar-refractivity contribution in [1.82, 2.24) is 20.7 Å². The number of fused-ring (bicyclic) bond motifs is 1. The van der Waals surface area contributed by atoms with Crippen LogP contribution in [0.2, 0.25) is 0 Å². The maximum absolute atomic E-state index is 5.50. The third-order valence-electron chi connectivity index (χ3n) is 3.06. The van der Waals surface area contributed by atoms with Crippen molar-refractivity contribution >= 4 is 0 Å². The van der Waals surface area contributed by atoms with Gasteiger partial charge in [0.2, 0.25) is 0 Å². The highest BCUT2D eigenvalue weighted by Gasteiger charge is 2.18. The molecular formula is C12H14N4O. The molecule has 0 aliphatic carbocycles. The second-order valence-corrected chi connectivity index (χ2v) is 4.08. The lowest BCUT2D eigenvalue weighted by Crippen LogP contribution is -2.18. The molecule has 5 heteroatoms. The predicted molar refractivity (Wildman–Crippen MR) is 62.9 cm³/mol. The number of aromatic nitrogens is 3. The van der Waals surface area contributed by atoms with Crippen LogP contribution in [-0.4, -0.2) is 29.1 Å². The molecule has 0 bridgehead atoms. The highest BCUT2D eigenvalue weighted by molar-refractivity contribution is 5.42. The Balaban J connectivity index is 1.97. The second-order valence-electron chi connectivity index (χ2n) is 4.08. The van der Waals surface area contributed by atoms with E-state index in [0.717, 1.165) is 24.5 Å². The Bertz CT molecular complexity index is 509. The average Bonchev–Trinajstić information content (AvgIpc) is 2.99. The first-order valence-corrected chi connectivity index (χ1v) is 5.67. The highest BCUT2D eigenvalue weighted by atomic mass is 16.5. The maximum atomic E-state index is 5.50. The van der Waals surface area contributed by atoms with Crippen molar-refractivity contribution in [3.63, 3.8) is 0 Å². The number of rotatable bonds is 3. The minimum Gasteiger partial charge on any atom is -0.493 e. The van der Waals surface area contributed by atoms with Gasteiger partial charge < -0.3 is 10.1 Å². The first-order valence-electron chi connectivity index (χ1n) is 5.67. The fraction of sp³-hybridized carbons (Fsp3) is 0.333. The fourth-order valence-corrected chi connectivity index (χ4v) is 2.22. The average molecular weight is 230 g/mol. The summed E-state index contributed by atoms with van der Waals surface area (Å²) in [5, 5.41) is 13.9. The monoisotopic (exact) mass is 230 g/mol. The summed E-state index contributed by atoms with van der Waals surface area (Å²) in [4.78, 5) is 0. The quantitative estimate of drug-likeness (QED) is 0.827. The Hall–Kier alpha value is -1.88. The fourth-order valence-electron chi connectivity index (χ4n) is 2.22. The second kappa shape index (κ2) is 4.18. The molecule has 1 atom stereocenters. The van der Waals surface area contributed by atoms with E-state index in [4.69, 9.17) is 4.74 Å². The SMILES string of the molecule is CNC(c1ccc2c(c1)CCO2)c1cn[nH]n1. The molecule has 2 N–H and O–H groups in total. The third kappa shape index (κ3) is 1.78. The Kier molecular flexibility index (Phi) is 2.53. The van der Waals surface area contributed by atoms with Crippen LogP contribution in [0.25, 0.3) is 0 Å². The first kappa shape index (κ1) is 10.3. The van der Waals surface area contributed by atoms with Gasteiger partial charge in [-0.25, -0.2) is 0 Å². The zero-order valence-corrected chi connectivity index (χ0v) is 9.60. The van der Waals surface area contributed by atoms with Crippen LogP contribution in [0.1, 0.15) is 22.9 Å². The minimum atomic E-state index is 0.0691. The molecule has 0 saturated heterocycles. The van der Waals surface area contributed by atoms with Crippen LogP contribution in [0.15, 0.2) is 24.4 Å². The summed E-state index contributed by atoms with van der Waals surface area (Å²) in [6, 6.07) is 6.35. The predicted octanol–water partition coefficient (Wildman–Crippen LogP) is 1.05. The molecule has 3 rings (SSSR count). The van der Waals surface area contributed by atoms with E-state index >= 15 is 0 Å². The van der Waals surface area contributed by atoms with Crippen molar-refractivity contribution in [2.24, 2.45) is 0 Å². The molecule has 1 unspecified atom stereocenters. The number of nitrogens with one attached hydrogen (secondary N) is 2. The number of benzene rings is 1. The molecule has 5 nitrogen and oxygen atoms in total. The van der Waals surface area contributed by atoms with Gasteiger partial charge in [0, 0.05) is 6.42 Å². The number of H-pyrrole nitrogens is 1. The minimum absolute atomic E-state index is 0.0691. The molecule has 0 spiro atoms. The van der Waals surface area contributed by atoms with Gasteiger partial charge in [0.25, 0.3) is 0 Å². The van der Waals surface area contributed by atoms with E-state index in [2.05, 4.69) is 32.9 Å². The molecule has 1 aliphatic rings. The van der Waals surface area contributed by atoms with E-state index in [1.54, 1.807) is 6.20 Å². The van der Waals surface area contributed by atoms with Gasteiger partial charge in [-0.1, -0.05) is 12.1 Å². The summed E-state index contributed by atoms with van der Waals surface area (Å²) in [5.74, 6) is 1.00. The van der Waals surface area contributed by atoms with Gasteiger partial charge in [0.15, 0.2) is 0 Å². The lowest BCUT2D eigenvalue weighted by atomic mass is 10.0. The summed E-state index contributed by atoms with van der Waals surface area (Å²) >= 11 is 0. The van der Waals surface area contributed by atoms with Gasteiger partial charge in [-0.2, -0.15) is 15.4 Å². The molecule has 0 fully saturated rings. The zero-order chi connectivity index (χ0) is 11.7. The zero-order valence-electron chi connectivity index (χ0n) is 9.60.